The summed E-state index contributed by atoms with van der Waals surface area (Å²) in [6, 6.07) is 41.5. The first-order chi connectivity index (χ1) is 22.1. The monoisotopic (exact) mass is 622 g/mol. The molecule has 6 aromatic rings. The van der Waals surface area contributed by atoms with Crippen molar-refractivity contribution in [1.29, 1.82) is 0 Å². The molecule has 5 aromatic carbocycles. The summed E-state index contributed by atoms with van der Waals surface area (Å²) in [5.41, 5.74) is 3.64. The first kappa shape index (κ1) is 27.4. The molecule has 1 aromatic heterocycles. The predicted molar refractivity (Wildman–Crippen MR) is 186 cm³/mol. The van der Waals surface area contributed by atoms with E-state index in [0.29, 0.717) is 28.5 Å². The Morgan fingerprint density at radius 2 is 1.47 bits per heavy atom. The predicted octanol–water partition coefficient (Wildman–Crippen LogP) is 10.4. The van der Waals surface area contributed by atoms with Crippen LogP contribution in [0.1, 0.15) is 17.4 Å². The average molecular weight is 623 g/mol. The van der Waals surface area contributed by atoms with Gasteiger partial charge in [-0.2, -0.15) is 0 Å². The number of ether oxygens (including phenoxy) is 1. The fourth-order valence-electron chi connectivity index (χ4n) is 6.04. The van der Waals surface area contributed by atoms with Crippen LogP contribution >= 0.6 is 23.1 Å². The number of fused-ring (bicyclic) bond motifs is 4. The number of anilines is 3. The maximum absolute atomic E-state index is 13.3. The van der Waals surface area contributed by atoms with E-state index in [9.17, 15) is 9.59 Å². The minimum atomic E-state index is -0.264. The van der Waals surface area contributed by atoms with E-state index < -0.39 is 0 Å². The number of likely N-dealkylation sites (N-methyl/N-ethyl adjacent to an activating group) is 1. The first-order valence-corrected chi connectivity index (χ1v) is 16.4. The lowest BCUT2D eigenvalue weighted by Gasteiger charge is -2.26. The summed E-state index contributed by atoms with van der Waals surface area (Å²) in [6.07, 6.45) is 1.91. The van der Waals surface area contributed by atoms with Crippen LogP contribution in [-0.2, 0) is 4.79 Å². The number of amides is 2. The van der Waals surface area contributed by atoms with Crippen molar-refractivity contribution in [1.82, 2.24) is 4.90 Å². The molecule has 0 unspecified atom stereocenters. The van der Waals surface area contributed by atoms with Crippen LogP contribution in [0, 0.1) is 0 Å². The van der Waals surface area contributed by atoms with E-state index in [1.807, 2.05) is 43.3 Å². The third kappa shape index (κ3) is 4.63. The van der Waals surface area contributed by atoms with Crippen LogP contribution in [0.4, 0.5) is 21.2 Å². The number of allylic oxidation sites excluding steroid dienone is 2. The van der Waals surface area contributed by atoms with Crippen LogP contribution in [0.15, 0.2) is 132 Å². The summed E-state index contributed by atoms with van der Waals surface area (Å²) in [6.45, 7) is 2.15. The molecule has 0 aliphatic carbocycles. The summed E-state index contributed by atoms with van der Waals surface area (Å²) in [7, 11) is 0. The van der Waals surface area contributed by atoms with E-state index in [2.05, 4.69) is 95.9 Å². The largest absolute Gasteiger partial charge is 0.455 e. The molecule has 0 spiro atoms. The Balaban J connectivity index is 1.29. The van der Waals surface area contributed by atoms with Crippen molar-refractivity contribution in [2.45, 2.75) is 6.92 Å². The highest BCUT2D eigenvalue weighted by Gasteiger charge is 2.37. The second kappa shape index (κ2) is 11.1. The Kier molecular flexibility index (Phi) is 6.77. The number of thiophene rings is 1. The maximum Gasteiger partial charge on any atom is 0.293 e. The van der Waals surface area contributed by atoms with Gasteiger partial charge in [-0.15, -0.1) is 11.3 Å². The van der Waals surface area contributed by atoms with Crippen molar-refractivity contribution < 1.29 is 14.3 Å². The first-order valence-electron chi connectivity index (χ1n) is 14.7. The van der Waals surface area contributed by atoms with Crippen molar-refractivity contribution >= 4 is 83.5 Å². The molecule has 0 radical (unpaired) electrons. The van der Waals surface area contributed by atoms with Gasteiger partial charge in [-0.25, -0.2) is 0 Å². The second-order valence-electron chi connectivity index (χ2n) is 10.7. The standard InChI is InChI=1S/C38H26N2O3S2/c1-2-39-37(41)36(45-38(39)42)30-23-33(43-32-19-11-10-18-29(30)32)34-20-21-35(44-34)40(25-13-4-3-5-14-25)31-22-24-12-6-7-15-26(24)27-16-8-9-17-28(27)31/h3-23H,2H2,1H3. The Hall–Kier alpha value is -5.11. The van der Waals surface area contributed by atoms with Gasteiger partial charge in [0.2, 0.25) is 0 Å². The number of hydrogen-bond donors (Lipinski definition) is 0. The van der Waals surface area contributed by atoms with Crippen LogP contribution in [0.2, 0.25) is 0 Å². The average Bonchev–Trinajstić information content (AvgIpc) is 3.68. The molecular formula is C38H26N2O3S2. The fraction of sp³-hybridized carbons (Fsp3) is 0.0526. The van der Waals surface area contributed by atoms with Crippen molar-refractivity contribution in [3.05, 3.63) is 143 Å². The minimum absolute atomic E-state index is 0.247. The summed E-state index contributed by atoms with van der Waals surface area (Å²) in [4.78, 5) is 30.8. The van der Waals surface area contributed by atoms with E-state index >= 15 is 0 Å². The molecule has 45 heavy (non-hydrogen) atoms. The number of nitrogens with zero attached hydrogens (tertiary/aromatic N) is 2. The van der Waals surface area contributed by atoms with Gasteiger partial charge in [0.05, 0.1) is 15.5 Å². The van der Waals surface area contributed by atoms with Gasteiger partial charge in [-0.1, -0.05) is 84.9 Å². The highest BCUT2D eigenvalue weighted by Crippen LogP contribution is 2.48. The smallest absolute Gasteiger partial charge is 0.293 e. The van der Waals surface area contributed by atoms with Crippen LogP contribution in [0.5, 0.6) is 5.75 Å². The molecule has 2 aliphatic heterocycles. The van der Waals surface area contributed by atoms with Gasteiger partial charge in [0, 0.05) is 28.8 Å². The van der Waals surface area contributed by atoms with Crippen LogP contribution < -0.4 is 9.64 Å². The summed E-state index contributed by atoms with van der Waals surface area (Å²) in [5, 5.41) is 5.52. The number of benzene rings is 5. The van der Waals surface area contributed by atoms with Crippen LogP contribution in [-0.4, -0.2) is 22.6 Å². The lowest BCUT2D eigenvalue weighted by atomic mass is 9.99. The van der Waals surface area contributed by atoms with Crippen molar-refractivity contribution in [3.63, 3.8) is 0 Å². The number of para-hydroxylation sites is 2. The maximum atomic E-state index is 13.3. The van der Waals surface area contributed by atoms with Crippen LogP contribution in [0.3, 0.4) is 0 Å². The van der Waals surface area contributed by atoms with Crippen molar-refractivity contribution in [2.24, 2.45) is 0 Å². The molecule has 2 aliphatic rings. The molecule has 1 fully saturated rings. The summed E-state index contributed by atoms with van der Waals surface area (Å²) >= 11 is 2.61. The molecule has 2 amide bonds. The van der Waals surface area contributed by atoms with Gasteiger partial charge in [-0.05, 0) is 77.3 Å². The van der Waals surface area contributed by atoms with E-state index in [1.165, 1.54) is 21.1 Å². The van der Waals surface area contributed by atoms with E-state index in [0.717, 1.165) is 44.0 Å². The fourth-order valence-corrected chi connectivity index (χ4v) is 8.01. The lowest BCUT2D eigenvalue weighted by Crippen LogP contribution is -2.27. The molecule has 0 saturated carbocycles. The topological polar surface area (TPSA) is 49.9 Å². The Labute approximate surface area is 268 Å². The Bertz CT molecular complexity index is 2220. The number of carbonyl (C=O) groups is 2. The zero-order valence-electron chi connectivity index (χ0n) is 24.3. The molecule has 0 N–H and O–H groups in total. The third-order valence-corrected chi connectivity index (χ3v) is 10.2. The van der Waals surface area contributed by atoms with Gasteiger partial charge in [0.1, 0.15) is 16.5 Å². The number of thioether (sulfide) groups is 1. The molecule has 218 valence electrons. The number of hydrogen-bond acceptors (Lipinski definition) is 6. The van der Waals surface area contributed by atoms with Gasteiger partial charge in [-0.3, -0.25) is 14.5 Å². The number of imide groups is 1. The lowest BCUT2D eigenvalue weighted by molar-refractivity contribution is -0.122. The van der Waals surface area contributed by atoms with Gasteiger partial charge in [0.25, 0.3) is 11.1 Å². The third-order valence-electron chi connectivity index (χ3n) is 8.14. The molecule has 0 bridgehead atoms. The van der Waals surface area contributed by atoms with Gasteiger partial charge in [0.15, 0.2) is 0 Å². The number of rotatable bonds is 5. The highest BCUT2D eigenvalue weighted by molar-refractivity contribution is 8.18. The molecule has 1 saturated heterocycles. The highest BCUT2D eigenvalue weighted by atomic mass is 32.2. The van der Waals surface area contributed by atoms with Crippen LogP contribution in [0.25, 0.3) is 32.9 Å². The Morgan fingerprint density at radius 3 is 2.27 bits per heavy atom. The minimum Gasteiger partial charge on any atom is -0.455 e. The summed E-state index contributed by atoms with van der Waals surface area (Å²) in [5.74, 6) is 1.03. The van der Waals surface area contributed by atoms with Gasteiger partial charge < -0.3 is 9.64 Å². The van der Waals surface area contributed by atoms with E-state index in [-0.39, 0.29) is 11.1 Å². The second-order valence-corrected chi connectivity index (χ2v) is 12.8. The molecule has 5 nitrogen and oxygen atoms in total. The summed E-state index contributed by atoms with van der Waals surface area (Å²) < 4.78 is 6.46. The quantitative estimate of drug-likeness (QED) is 0.141. The molecule has 7 heteroatoms. The Morgan fingerprint density at radius 1 is 0.756 bits per heavy atom. The molecule has 3 heterocycles. The zero-order chi connectivity index (χ0) is 30.5. The molecular weight excluding hydrogens is 597 g/mol. The van der Waals surface area contributed by atoms with Crippen molar-refractivity contribution in [2.75, 3.05) is 11.4 Å². The zero-order valence-corrected chi connectivity index (χ0v) is 25.9. The van der Waals surface area contributed by atoms with E-state index in [4.69, 9.17) is 4.74 Å². The molecule has 0 atom stereocenters. The SMILES string of the molecule is CCN1C(=O)SC(=C2C=C(c3ccc(N(c4ccccc4)c4cc5ccccc5c5ccccc45)s3)Oc3ccccc32)C1=O. The van der Waals surface area contributed by atoms with Gasteiger partial charge >= 0.3 is 0 Å². The number of carbonyl (C=O) groups excluding carboxylic acids is 2. The normalized spacial score (nSPS) is 16.2. The van der Waals surface area contributed by atoms with Crippen molar-refractivity contribution in [3.8, 4) is 5.75 Å². The molecule has 8 rings (SSSR count). The van der Waals surface area contributed by atoms with E-state index in [1.54, 1.807) is 11.3 Å².